The summed E-state index contributed by atoms with van der Waals surface area (Å²) in [5.74, 6) is 4.21. The van der Waals surface area contributed by atoms with Crippen molar-refractivity contribution in [2.45, 2.75) is 13.1 Å². The lowest BCUT2D eigenvalue weighted by Gasteiger charge is -2.15. The van der Waals surface area contributed by atoms with Crippen LogP contribution in [-0.4, -0.2) is 68.8 Å². The van der Waals surface area contributed by atoms with Gasteiger partial charge in [-0.2, -0.15) is 0 Å². The van der Waals surface area contributed by atoms with Gasteiger partial charge in [0.2, 0.25) is 0 Å². The molecule has 0 radical (unpaired) electrons. The fourth-order valence-corrected chi connectivity index (χ4v) is 3.39. The van der Waals surface area contributed by atoms with Crippen molar-refractivity contribution in [3.8, 4) is 34.5 Å². The zero-order valence-corrected chi connectivity index (χ0v) is 24.2. The van der Waals surface area contributed by atoms with Crippen LogP contribution in [0.1, 0.15) is 11.1 Å². The Morgan fingerprint density at radius 3 is 1.00 bits per heavy atom. The van der Waals surface area contributed by atoms with E-state index in [4.69, 9.17) is 28.4 Å². The van der Waals surface area contributed by atoms with Crippen LogP contribution in [0, 0.1) is 0 Å². The number of methoxy groups -OCH3 is 6. The zero-order valence-electron chi connectivity index (χ0n) is 21.7. The predicted octanol–water partition coefficient (Wildman–Crippen LogP) is 3.47. The molecule has 9 nitrogen and oxygen atoms in total. The standard InChI is InChI=1S/C24H37N3O6.3ClH/c1-28-19-13-23(32-5)21(30-3)11-17(19)15-26-9-7-25-8-10-27-16-18-12-22(31-4)24(33-6)14-20(18)29-2;;;/h11-14,25-27H,7-10,15-16H2,1-6H3;3*1H. The molecule has 0 aliphatic rings. The van der Waals surface area contributed by atoms with Crippen LogP contribution in [-0.2, 0) is 13.1 Å². The van der Waals surface area contributed by atoms with Crippen LogP contribution >= 0.6 is 37.2 Å². The van der Waals surface area contributed by atoms with Gasteiger partial charge in [-0.1, -0.05) is 0 Å². The first-order valence-corrected chi connectivity index (χ1v) is 10.8. The van der Waals surface area contributed by atoms with Crippen LogP contribution in [0.4, 0.5) is 0 Å². The summed E-state index contributed by atoms with van der Waals surface area (Å²) < 4.78 is 32.3. The monoisotopic (exact) mass is 571 g/mol. The minimum absolute atomic E-state index is 0. The van der Waals surface area contributed by atoms with Gasteiger partial charge in [0.15, 0.2) is 23.0 Å². The van der Waals surface area contributed by atoms with Crippen LogP contribution in [0.25, 0.3) is 0 Å². The molecule has 0 aliphatic heterocycles. The molecule has 0 atom stereocenters. The quantitative estimate of drug-likeness (QED) is 0.262. The molecule has 2 aromatic rings. The van der Waals surface area contributed by atoms with Crippen molar-refractivity contribution in [1.82, 2.24) is 16.0 Å². The van der Waals surface area contributed by atoms with E-state index in [0.29, 0.717) is 36.1 Å². The highest BCUT2D eigenvalue weighted by molar-refractivity contribution is 5.86. The molecule has 0 bridgehead atoms. The largest absolute Gasteiger partial charge is 0.496 e. The van der Waals surface area contributed by atoms with E-state index in [1.165, 1.54) is 0 Å². The van der Waals surface area contributed by atoms with Gasteiger partial charge in [-0.3, -0.25) is 0 Å². The van der Waals surface area contributed by atoms with Gasteiger partial charge in [0, 0.05) is 62.5 Å². The van der Waals surface area contributed by atoms with E-state index in [9.17, 15) is 0 Å². The van der Waals surface area contributed by atoms with Crippen molar-refractivity contribution in [2.24, 2.45) is 0 Å². The minimum Gasteiger partial charge on any atom is -0.496 e. The van der Waals surface area contributed by atoms with Crippen molar-refractivity contribution < 1.29 is 28.4 Å². The molecule has 12 heteroatoms. The molecule has 0 unspecified atom stereocenters. The number of hydrogen-bond donors (Lipinski definition) is 3. The summed E-state index contributed by atoms with van der Waals surface area (Å²) in [6.07, 6.45) is 0. The van der Waals surface area contributed by atoms with Gasteiger partial charge in [-0.25, -0.2) is 0 Å². The molecule has 0 amide bonds. The molecule has 0 saturated heterocycles. The normalized spacial score (nSPS) is 9.72. The van der Waals surface area contributed by atoms with Gasteiger partial charge < -0.3 is 44.4 Å². The number of nitrogens with one attached hydrogen (secondary N) is 3. The third-order valence-corrected chi connectivity index (χ3v) is 5.16. The van der Waals surface area contributed by atoms with Crippen molar-refractivity contribution >= 4 is 37.2 Å². The molecule has 2 rings (SSSR count). The smallest absolute Gasteiger partial charge is 0.164 e. The lowest BCUT2D eigenvalue weighted by Crippen LogP contribution is -2.32. The molecule has 36 heavy (non-hydrogen) atoms. The Hall–Kier alpha value is -2.01. The molecular formula is C24H40Cl3N3O6. The Balaban J connectivity index is 0. The lowest BCUT2D eigenvalue weighted by molar-refractivity contribution is 0.347. The van der Waals surface area contributed by atoms with E-state index in [1.807, 2.05) is 24.3 Å². The first-order valence-electron chi connectivity index (χ1n) is 10.8. The third kappa shape index (κ3) is 10.5. The minimum atomic E-state index is 0. The Morgan fingerprint density at radius 1 is 0.417 bits per heavy atom. The molecule has 0 heterocycles. The fraction of sp³-hybridized carbons (Fsp3) is 0.500. The highest BCUT2D eigenvalue weighted by atomic mass is 35.5. The third-order valence-electron chi connectivity index (χ3n) is 5.16. The summed E-state index contributed by atoms with van der Waals surface area (Å²) in [4.78, 5) is 0. The molecule has 3 N–H and O–H groups in total. The van der Waals surface area contributed by atoms with E-state index in [0.717, 1.165) is 48.8 Å². The van der Waals surface area contributed by atoms with Gasteiger partial charge in [-0.05, 0) is 12.1 Å². The summed E-state index contributed by atoms with van der Waals surface area (Å²) in [5, 5.41) is 10.3. The highest BCUT2D eigenvalue weighted by Gasteiger charge is 2.12. The van der Waals surface area contributed by atoms with Gasteiger partial charge in [-0.15, -0.1) is 37.2 Å². The first-order chi connectivity index (χ1) is 16.1. The molecular weight excluding hydrogens is 533 g/mol. The van der Waals surface area contributed by atoms with Crippen LogP contribution in [0.2, 0.25) is 0 Å². The number of hydrogen-bond acceptors (Lipinski definition) is 9. The van der Waals surface area contributed by atoms with Crippen LogP contribution in [0.15, 0.2) is 24.3 Å². The molecule has 0 aromatic heterocycles. The maximum atomic E-state index is 5.47. The second kappa shape index (κ2) is 20.1. The first kappa shape index (κ1) is 36.1. The van der Waals surface area contributed by atoms with E-state index in [-0.39, 0.29) is 37.2 Å². The second-order valence-electron chi connectivity index (χ2n) is 7.14. The van der Waals surface area contributed by atoms with E-state index >= 15 is 0 Å². The SMILES string of the molecule is COc1cc(OC)c(OC)cc1CNCCNCCNCc1cc(OC)c(OC)cc1OC.Cl.Cl.Cl. The van der Waals surface area contributed by atoms with Crippen LogP contribution in [0.3, 0.4) is 0 Å². The highest BCUT2D eigenvalue weighted by Crippen LogP contribution is 2.35. The van der Waals surface area contributed by atoms with Gasteiger partial charge in [0.05, 0.1) is 42.7 Å². The maximum absolute atomic E-state index is 5.47. The van der Waals surface area contributed by atoms with E-state index in [1.54, 1.807) is 42.7 Å². The topological polar surface area (TPSA) is 91.5 Å². The van der Waals surface area contributed by atoms with Crippen molar-refractivity contribution in [2.75, 3.05) is 68.8 Å². The number of halogens is 3. The number of ether oxygens (including phenoxy) is 6. The molecule has 0 aliphatic carbocycles. The van der Waals surface area contributed by atoms with Crippen LogP contribution in [0.5, 0.6) is 34.5 Å². The number of benzene rings is 2. The molecule has 0 saturated carbocycles. The Kier molecular flexibility index (Phi) is 20.2. The Morgan fingerprint density at radius 2 is 0.694 bits per heavy atom. The lowest BCUT2D eigenvalue weighted by atomic mass is 10.1. The predicted molar refractivity (Wildman–Crippen MR) is 150 cm³/mol. The van der Waals surface area contributed by atoms with E-state index in [2.05, 4.69) is 16.0 Å². The Bertz CT molecular complexity index is 808. The van der Waals surface area contributed by atoms with Crippen LogP contribution < -0.4 is 44.4 Å². The van der Waals surface area contributed by atoms with Gasteiger partial charge in [0.25, 0.3) is 0 Å². The van der Waals surface area contributed by atoms with E-state index < -0.39 is 0 Å². The zero-order chi connectivity index (χ0) is 24.1. The van der Waals surface area contributed by atoms with Crippen molar-refractivity contribution in [1.29, 1.82) is 0 Å². The second-order valence-corrected chi connectivity index (χ2v) is 7.14. The molecule has 208 valence electrons. The average molecular weight is 573 g/mol. The molecule has 0 spiro atoms. The van der Waals surface area contributed by atoms with Crippen molar-refractivity contribution in [3.05, 3.63) is 35.4 Å². The summed E-state index contributed by atoms with van der Waals surface area (Å²) in [6.45, 7) is 4.67. The fourth-order valence-electron chi connectivity index (χ4n) is 3.39. The van der Waals surface area contributed by atoms with Crippen molar-refractivity contribution in [3.63, 3.8) is 0 Å². The van der Waals surface area contributed by atoms with Gasteiger partial charge in [0.1, 0.15) is 11.5 Å². The molecule has 2 aromatic carbocycles. The summed E-state index contributed by atoms with van der Waals surface area (Å²) in [5.41, 5.74) is 2.03. The molecule has 0 fully saturated rings. The maximum Gasteiger partial charge on any atom is 0.164 e. The summed E-state index contributed by atoms with van der Waals surface area (Å²) >= 11 is 0. The Labute approximate surface area is 233 Å². The average Bonchev–Trinajstić information content (AvgIpc) is 2.86. The summed E-state index contributed by atoms with van der Waals surface area (Å²) in [6, 6.07) is 7.55. The van der Waals surface area contributed by atoms with Gasteiger partial charge >= 0.3 is 0 Å². The summed E-state index contributed by atoms with van der Waals surface area (Å²) in [7, 11) is 9.77. The number of rotatable bonds is 16.